The molecule has 0 aromatic heterocycles. The highest BCUT2D eigenvalue weighted by molar-refractivity contribution is 5.93. The van der Waals surface area contributed by atoms with Gasteiger partial charge in [-0.3, -0.25) is 14.5 Å². The summed E-state index contributed by atoms with van der Waals surface area (Å²) in [4.78, 5) is 27.1. The van der Waals surface area contributed by atoms with E-state index < -0.39 is 0 Å². The van der Waals surface area contributed by atoms with Crippen molar-refractivity contribution in [3.63, 3.8) is 0 Å². The number of carbonyl (C=O) groups is 2. The van der Waals surface area contributed by atoms with E-state index in [2.05, 4.69) is 47.6 Å². The molecule has 0 radical (unpaired) electrons. The highest BCUT2D eigenvalue weighted by Gasteiger charge is 2.26. The van der Waals surface area contributed by atoms with E-state index in [0.29, 0.717) is 38.2 Å². The number of phenols is 1. The smallest absolute Gasteiger partial charge is 0.234 e. The van der Waals surface area contributed by atoms with Crippen LogP contribution < -0.4 is 10.6 Å². The zero-order valence-corrected chi connectivity index (χ0v) is 17.9. The SMILES string of the molecule is Cc1ccc([C@@H](C)NC(=O)CN2CCC(C(=O)Nc3ccccc3O)CC2)cc1C. The maximum atomic E-state index is 12.5. The average molecular weight is 410 g/mol. The van der Waals surface area contributed by atoms with Crippen molar-refractivity contribution in [1.29, 1.82) is 0 Å². The Bertz CT molecular complexity index is 904. The summed E-state index contributed by atoms with van der Waals surface area (Å²) in [6.07, 6.45) is 1.39. The number of likely N-dealkylation sites (tertiary alicyclic amines) is 1. The van der Waals surface area contributed by atoms with Crippen LogP contribution >= 0.6 is 0 Å². The number of nitrogens with one attached hydrogen (secondary N) is 2. The Kier molecular flexibility index (Phi) is 7.11. The molecule has 1 fully saturated rings. The molecule has 30 heavy (non-hydrogen) atoms. The minimum Gasteiger partial charge on any atom is -0.506 e. The predicted octanol–water partition coefficient (Wildman–Crippen LogP) is 3.54. The van der Waals surface area contributed by atoms with Crippen molar-refractivity contribution in [2.45, 2.75) is 39.7 Å². The average Bonchev–Trinajstić information content (AvgIpc) is 2.72. The summed E-state index contributed by atoms with van der Waals surface area (Å²) in [5.41, 5.74) is 4.00. The largest absolute Gasteiger partial charge is 0.506 e. The number of hydrogen-bond donors (Lipinski definition) is 3. The van der Waals surface area contributed by atoms with Crippen LogP contribution in [0.3, 0.4) is 0 Å². The summed E-state index contributed by atoms with van der Waals surface area (Å²) >= 11 is 0. The van der Waals surface area contributed by atoms with Crippen molar-refractivity contribution in [1.82, 2.24) is 10.2 Å². The third-order valence-electron chi connectivity index (χ3n) is 5.90. The molecule has 0 unspecified atom stereocenters. The van der Waals surface area contributed by atoms with Gasteiger partial charge in [0.15, 0.2) is 0 Å². The molecule has 6 nitrogen and oxygen atoms in total. The zero-order valence-electron chi connectivity index (χ0n) is 17.9. The molecule has 160 valence electrons. The first kappa shape index (κ1) is 21.8. The Labute approximate surface area is 178 Å². The van der Waals surface area contributed by atoms with Crippen LogP contribution in [0, 0.1) is 19.8 Å². The monoisotopic (exact) mass is 409 g/mol. The van der Waals surface area contributed by atoms with E-state index in [1.54, 1.807) is 24.3 Å². The zero-order chi connectivity index (χ0) is 21.7. The van der Waals surface area contributed by atoms with Gasteiger partial charge in [-0.15, -0.1) is 0 Å². The van der Waals surface area contributed by atoms with Gasteiger partial charge < -0.3 is 15.7 Å². The molecule has 1 atom stereocenters. The number of nitrogens with zero attached hydrogens (tertiary/aromatic N) is 1. The Morgan fingerprint density at radius 3 is 2.47 bits per heavy atom. The minimum absolute atomic E-state index is 0.00200. The lowest BCUT2D eigenvalue weighted by molar-refractivity contribution is -0.124. The van der Waals surface area contributed by atoms with Gasteiger partial charge in [0.05, 0.1) is 18.3 Å². The van der Waals surface area contributed by atoms with E-state index in [9.17, 15) is 14.7 Å². The molecule has 1 heterocycles. The molecular formula is C24H31N3O3. The topological polar surface area (TPSA) is 81.7 Å². The predicted molar refractivity (Wildman–Crippen MR) is 118 cm³/mol. The molecule has 2 aromatic rings. The van der Waals surface area contributed by atoms with E-state index in [1.807, 2.05) is 6.92 Å². The van der Waals surface area contributed by atoms with Crippen molar-refractivity contribution in [2.75, 3.05) is 25.0 Å². The second-order valence-electron chi connectivity index (χ2n) is 8.19. The Morgan fingerprint density at radius 1 is 1.10 bits per heavy atom. The summed E-state index contributed by atoms with van der Waals surface area (Å²) in [5.74, 6) is -0.127. The van der Waals surface area contributed by atoms with Crippen LogP contribution in [0.5, 0.6) is 5.75 Å². The summed E-state index contributed by atoms with van der Waals surface area (Å²) in [6.45, 7) is 7.89. The first-order chi connectivity index (χ1) is 14.3. The lowest BCUT2D eigenvalue weighted by Gasteiger charge is -2.31. The number of carbonyl (C=O) groups excluding carboxylic acids is 2. The van der Waals surface area contributed by atoms with E-state index >= 15 is 0 Å². The molecule has 3 N–H and O–H groups in total. The number of phenolic OH excluding ortho intramolecular Hbond substituents is 1. The van der Waals surface area contributed by atoms with Crippen LogP contribution in [0.25, 0.3) is 0 Å². The van der Waals surface area contributed by atoms with Crippen LogP contribution in [0.15, 0.2) is 42.5 Å². The number of aryl methyl sites for hydroxylation is 2. The molecule has 6 heteroatoms. The van der Waals surface area contributed by atoms with E-state index in [4.69, 9.17) is 0 Å². The van der Waals surface area contributed by atoms with Gasteiger partial charge in [0.2, 0.25) is 11.8 Å². The third kappa shape index (κ3) is 5.60. The number of rotatable bonds is 6. The number of benzene rings is 2. The van der Waals surface area contributed by atoms with Crippen LogP contribution in [-0.2, 0) is 9.59 Å². The minimum atomic E-state index is -0.113. The Balaban J connectivity index is 1.44. The number of hydrogen-bond acceptors (Lipinski definition) is 4. The Morgan fingerprint density at radius 2 is 1.80 bits per heavy atom. The number of amides is 2. The van der Waals surface area contributed by atoms with E-state index in [-0.39, 0.29) is 29.5 Å². The number of para-hydroxylation sites is 2. The first-order valence-electron chi connectivity index (χ1n) is 10.5. The first-order valence-corrected chi connectivity index (χ1v) is 10.5. The van der Waals surface area contributed by atoms with Gasteiger partial charge in [0.1, 0.15) is 5.75 Å². The van der Waals surface area contributed by atoms with Crippen LogP contribution in [0.2, 0.25) is 0 Å². The summed E-state index contributed by atoms with van der Waals surface area (Å²) in [5, 5.41) is 15.7. The molecule has 2 aromatic carbocycles. The van der Waals surface area contributed by atoms with Crippen molar-refractivity contribution < 1.29 is 14.7 Å². The molecule has 1 aliphatic heterocycles. The van der Waals surface area contributed by atoms with Crippen molar-refractivity contribution in [3.8, 4) is 5.75 Å². The molecule has 1 saturated heterocycles. The van der Waals surface area contributed by atoms with Gasteiger partial charge in [0.25, 0.3) is 0 Å². The Hall–Kier alpha value is -2.86. The lowest BCUT2D eigenvalue weighted by Crippen LogP contribution is -2.43. The molecule has 0 saturated carbocycles. The third-order valence-corrected chi connectivity index (χ3v) is 5.90. The molecule has 0 aliphatic carbocycles. The van der Waals surface area contributed by atoms with Gasteiger partial charge in [-0.2, -0.15) is 0 Å². The van der Waals surface area contributed by atoms with Gasteiger partial charge in [0, 0.05) is 5.92 Å². The van der Waals surface area contributed by atoms with Gasteiger partial charge in [-0.05, 0) is 75.5 Å². The van der Waals surface area contributed by atoms with Gasteiger partial charge >= 0.3 is 0 Å². The normalized spacial score (nSPS) is 16.1. The molecular weight excluding hydrogens is 378 g/mol. The maximum absolute atomic E-state index is 12.5. The summed E-state index contributed by atoms with van der Waals surface area (Å²) in [7, 11) is 0. The molecule has 0 spiro atoms. The van der Waals surface area contributed by atoms with Crippen molar-refractivity contribution >= 4 is 17.5 Å². The molecule has 1 aliphatic rings. The maximum Gasteiger partial charge on any atom is 0.234 e. The fraction of sp³-hybridized carbons (Fsp3) is 0.417. The fourth-order valence-corrected chi connectivity index (χ4v) is 3.77. The highest BCUT2D eigenvalue weighted by Crippen LogP contribution is 2.25. The fourth-order valence-electron chi connectivity index (χ4n) is 3.77. The van der Waals surface area contributed by atoms with Crippen molar-refractivity contribution in [2.24, 2.45) is 5.92 Å². The summed E-state index contributed by atoms with van der Waals surface area (Å²) < 4.78 is 0. The summed E-state index contributed by atoms with van der Waals surface area (Å²) in [6, 6.07) is 12.9. The van der Waals surface area contributed by atoms with E-state index in [1.165, 1.54) is 11.1 Å². The quantitative estimate of drug-likeness (QED) is 0.638. The van der Waals surface area contributed by atoms with Gasteiger partial charge in [-0.25, -0.2) is 0 Å². The molecule has 0 bridgehead atoms. The molecule has 2 amide bonds. The number of anilines is 1. The van der Waals surface area contributed by atoms with Crippen LogP contribution in [-0.4, -0.2) is 41.5 Å². The highest BCUT2D eigenvalue weighted by atomic mass is 16.3. The lowest BCUT2D eigenvalue weighted by atomic mass is 9.95. The van der Waals surface area contributed by atoms with Crippen LogP contribution in [0.1, 0.15) is 42.5 Å². The number of piperidine rings is 1. The second-order valence-corrected chi connectivity index (χ2v) is 8.19. The van der Waals surface area contributed by atoms with Crippen molar-refractivity contribution in [3.05, 3.63) is 59.2 Å². The van der Waals surface area contributed by atoms with E-state index in [0.717, 1.165) is 5.56 Å². The number of aromatic hydroxyl groups is 1. The molecule has 3 rings (SSSR count). The van der Waals surface area contributed by atoms with Crippen LogP contribution in [0.4, 0.5) is 5.69 Å². The standard InChI is InChI=1S/C24H31N3O3/c1-16-8-9-20(14-17(16)2)18(3)25-23(29)15-27-12-10-19(11-13-27)24(30)26-21-6-4-5-7-22(21)28/h4-9,14,18-19,28H,10-13,15H2,1-3H3,(H,25,29)(H,26,30)/t18-/m1/s1. The van der Waals surface area contributed by atoms with Gasteiger partial charge in [-0.1, -0.05) is 30.3 Å². The second kappa shape index (κ2) is 9.76.